The maximum Gasteiger partial charge on any atom is 0.243 e. The standard InChI is InChI=1S/C10H9ClN4O2S/c11-10-9(4-2-5-12-10)18(16,17)14-7-8-3-1-6-13-15-8/h1-6,14H,7H2. The van der Waals surface area contributed by atoms with E-state index in [9.17, 15) is 8.42 Å². The van der Waals surface area contributed by atoms with Gasteiger partial charge in [-0.05, 0) is 24.3 Å². The molecule has 0 radical (unpaired) electrons. The second-order valence-corrected chi connectivity index (χ2v) is 5.43. The molecule has 0 spiro atoms. The number of hydrogen-bond donors (Lipinski definition) is 1. The van der Waals surface area contributed by atoms with E-state index < -0.39 is 10.0 Å². The molecular formula is C10H9ClN4O2S. The molecule has 0 saturated heterocycles. The summed E-state index contributed by atoms with van der Waals surface area (Å²) in [6, 6.07) is 6.23. The Bertz CT molecular complexity index is 633. The molecule has 94 valence electrons. The van der Waals surface area contributed by atoms with Crippen LogP contribution in [0.4, 0.5) is 0 Å². The molecule has 0 aliphatic rings. The van der Waals surface area contributed by atoms with Gasteiger partial charge >= 0.3 is 0 Å². The number of sulfonamides is 1. The highest BCUT2D eigenvalue weighted by atomic mass is 35.5. The number of nitrogens with zero attached hydrogens (tertiary/aromatic N) is 3. The zero-order chi connectivity index (χ0) is 13.0. The second kappa shape index (κ2) is 5.38. The predicted molar refractivity (Wildman–Crippen MR) is 65.3 cm³/mol. The fourth-order valence-electron chi connectivity index (χ4n) is 1.25. The summed E-state index contributed by atoms with van der Waals surface area (Å²) in [7, 11) is -3.70. The van der Waals surface area contributed by atoms with E-state index in [0.717, 1.165) is 0 Å². The molecular weight excluding hydrogens is 276 g/mol. The Morgan fingerprint density at radius 2 is 2.00 bits per heavy atom. The van der Waals surface area contributed by atoms with Crippen LogP contribution in [0, 0.1) is 0 Å². The van der Waals surface area contributed by atoms with Crippen LogP contribution in [0.2, 0.25) is 5.15 Å². The van der Waals surface area contributed by atoms with Crippen molar-refractivity contribution in [1.29, 1.82) is 0 Å². The average molecular weight is 285 g/mol. The first kappa shape index (κ1) is 12.9. The summed E-state index contributed by atoms with van der Waals surface area (Å²) in [5.41, 5.74) is 0.515. The number of aromatic nitrogens is 3. The van der Waals surface area contributed by atoms with Gasteiger partial charge in [0, 0.05) is 12.4 Å². The van der Waals surface area contributed by atoms with Gasteiger partial charge in [-0.15, -0.1) is 0 Å². The Morgan fingerprint density at radius 3 is 2.67 bits per heavy atom. The van der Waals surface area contributed by atoms with Gasteiger partial charge in [0.2, 0.25) is 10.0 Å². The molecule has 0 unspecified atom stereocenters. The SMILES string of the molecule is O=S(=O)(NCc1cccnn1)c1cccnc1Cl. The molecule has 0 atom stereocenters. The lowest BCUT2D eigenvalue weighted by molar-refractivity contribution is 0.579. The van der Waals surface area contributed by atoms with Crippen LogP contribution in [0.5, 0.6) is 0 Å². The average Bonchev–Trinajstić information content (AvgIpc) is 2.38. The van der Waals surface area contributed by atoms with Crippen LogP contribution in [0.15, 0.2) is 41.6 Å². The molecule has 0 amide bonds. The van der Waals surface area contributed by atoms with Gasteiger partial charge in [0.1, 0.15) is 10.0 Å². The Labute approximate surface area is 109 Å². The molecule has 0 aliphatic heterocycles. The molecule has 0 bridgehead atoms. The molecule has 0 saturated carbocycles. The van der Waals surface area contributed by atoms with Crippen molar-refractivity contribution in [3.05, 3.63) is 47.5 Å². The molecule has 1 N–H and O–H groups in total. The van der Waals surface area contributed by atoms with Gasteiger partial charge in [-0.25, -0.2) is 18.1 Å². The molecule has 6 nitrogen and oxygen atoms in total. The van der Waals surface area contributed by atoms with E-state index in [0.29, 0.717) is 5.69 Å². The smallest absolute Gasteiger partial charge is 0.243 e. The van der Waals surface area contributed by atoms with E-state index in [1.807, 2.05) is 0 Å². The van der Waals surface area contributed by atoms with Crippen LogP contribution < -0.4 is 4.72 Å². The van der Waals surface area contributed by atoms with Gasteiger partial charge in [0.05, 0.1) is 12.2 Å². The normalized spacial score (nSPS) is 11.4. The van der Waals surface area contributed by atoms with Crippen molar-refractivity contribution in [3.63, 3.8) is 0 Å². The van der Waals surface area contributed by atoms with E-state index >= 15 is 0 Å². The van der Waals surface area contributed by atoms with Crippen molar-refractivity contribution >= 4 is 21.6 Å². The summed E-state index contributed by atoms with van der Waals surface area (Å²) in [5.74, 6) is 0. The first-order chi connectivity index (χ1) is 8.59. The first-order valence-corrected chi connectivity index (χ1v) is 6.82. The quantitative estimate of drug-likeness (QED) is 0.847. The summed E-state index contributed by atoms with van der Waals surface area (Å²) in [5, 5.41) is 7.36. The van der Waals surface area contributed by atoms with E-state index in [4.69, 9.17) is 11.6 Å². The topological polar surface area (TPSA) is 84.8 Å². The molecule has 18 heavy (non-hydrogen) atoms. The van der Waals surface area contributed by atoms with Gasteiger partial charge in [-0.2, -0.15) is 10.2 Å². The predicted octanol–water partition coefficient (Wildman–Crippen LogP) is 1.00. The number of rotatable bonds is 4. The van der Waals surface area contributed by atoms with Gasteiger partial charge in [0.25, 0.3) is 0 Å². The van der Waals surface area contributed by atoms with E-state index in [1.54, 1.807) is 12.1 Å². The monoisotopic (exact) mass is 284 g/mol. The number of pyridine rings is 1. The lowest BCUT2D eigenvalue weighted by Gasteiger charge is -2.06. The van der Waals surface area contributed by atoms with Crippen LogP contribution in [0.1, 0.15) is 5.69 Å². The summed E-state index contributed by atoms with van der Waals surface area (Å²) in [4.78, 5) is 3.66. The zero-order valence-corrected chi connectivity index (χ0v) is 10.7. The number of halogens is 1. The van der Waals surface area contributed by atoms with Crippen molar-refractivity contribution in [3.8, 4) is 0 Å². The van der Waals surface area contributed by atoms with Gasteiger partial charge < -0.3 is 0 Å². The largest absolute Gasteiger partial charge is 0.243 e. The molecule has 8 heteroatoms. The Morgan fingerprint density at radius 1 is 1.22 bits per heavy atom. The van der Waals surface area contributed by atoms with Crippen LogP contribution in [0.3, 0.4) is 0 Å². The molecule has 0 fully saturated rings. The minimum absolute atomic E-state index is 0.0431. The third-order valence-corrected chi connectivity index (χ3v) is 3.93. The van der Waals surface area contributed by atoms with Crippen molar-refractivity contribution < 1.29 is 8.42 Å². The highest BCUT2D eigenvalue weighted by Gasteiger charge is 2.17. The molecule has 2 aromatic heterocycles. The molecule has 2 heterocycles. The maximum absolute atomic E-state index is 11.9. The lowest BCUT2D eigenvalue weighted by Crippen LogP contribution is -2.24. The van der Waals surface area contributed by atoms with Crippen LogP contribution in [0.25, 0.3) is 0 Å². The van der Waals surface area contributed by atoms with Crippen LogP contribution in [-0.2, 0) is 16.6 Å². The summed E-state index contributed by atoms with van der Waals surface area (Å²) in [6.07, 6.45) is 2.93. The van der Waals surface area contributed by atoms with E-state index in [1.165, 1.54) is 24.5 Å². The summed E-state index contributed by atoms with van der Waals surface area (Å²) in [6.45, 7) is 0.0431. The molecule has 2 rings (SSSR count). The lowest BCUT2D eigenvalue weighted by atomic mass is 10.4. The Balaban J connectivity index is 2.16. The van der Waals surface area contributed by atoms with E-state index in [-0.39, 0.29) is 16.6 Å². The fraction of sp³-hybridized carbons (Fsp3) is 0.100. The highest BCUT2D eigenvalue weighted by Crippen LogP contribution is 2.17. The molecule has 0 aliphatic carbocycles. The maximum atomic E-state index is 11.9. The van der Waals surface area contributed by atoms with Crippen molar-refractivity contribution in [2.45, 2.75) is 11.4 Å². The summed E-state index contributed by atoms with van der Waals surface area (Å²) < 4.78 is 26.3. The minimum Gasteiger partial charge on any atom is -0.243 e. The second-order valence-electron chi connectivity index (χ2n) is 3.33. The van der Waals surface area contributed by atoms with Crippen LogP contribution in [-0.4, -0.2) is 23.6 Å². The van der Waals surface area contributed by atoms with E-state index in [2.05, 4.69) is 19.9 Å². The Hall–Kier alpha value is -1.57. The van der Waals surface area contributed by atoms with Gasteiger partial charge in [-0.3, -0.25) is 0 Å². The molecule has 0 aromatic carbocycles. The van der Waals surface area contributed by atoms with Crippen LogP contribution >= 0.6 is 11.6 Å². The van der Waals surface area contributed by atoms with Crippen molar-refractivity contribution in [2.75, 3.05) is 0 Å². The third kappa shape index (κ3) is 3.00. The molecule has 2 aromatic rings. The zero-order valence-electron chi connectivity index (χ0n) is 9.12. The fourth-order valence-corrected chi connectivity index (χ4v) is 2.70. The highest BCUT2D eigenvalue weighted by molar-refractivity contribution is 7.89. The van der Waals surface area contributed by atoms with Crippen molar-refractivity contribution in [1.82, 2.24) is 19.9 Å². The first-order valence-electron chi connectivity index (χ1n) is 4.96. The Kier molecular flexibility index (Phi) is 3.85. The minimum atomic E-state index is -3.70. The van der Waals surface area contributed by atoms with Crippen molar-refractivity contribution in [2.24, 2.45) is 0 Å². The number of nitrogens with one attached hydrogen (secondary N) is 1. The van der Waals surface area contributed by atoms with Gasteiger partial charge in [-0.1, -0.05) is 11.6 Å². The third-order valence-electron chi connectivity index (χ3n) is 2.09. The summed E-state index contributed by atoms with van der Waals surface area (Å²) >= 11 is 5.73. The number of hydrogen-bond acceptors (Lipinski definition) is 5. The van der Waals surface area contributed by atoms with Gasteiger partial charge in [0.15, 0.2) is 0 Å².